The molecule has 1 aromatic heterocycles. The summed E-state index contributed by atoms with van der Waals surface area (Å²) in [5.41, 5.74) is 3.61. The van der Waals surface area contributed by atoms with Gasteiger partial charge in [0.05, 0.1) is 12.8 Å². The van der Waals surface area contributed by atoms with E-state index in [0.717, 1.165) is 24.4 Å². The van der Waals surface area contributed by atoms with Gasteiger partial charge in [-0.15, -0.1) is 0 Å². The van der Waals surface area contributed by atoms with Crippen molar-refractivity contribution in [1.82, 2.24) is 15.1 Å². The Morgan fingerprint density at radius 1 is 1.40 bits per heavy atom. The number of aromatic nitrogens is 2. The van der Waals surface area contributed by atoms with E-state index < -0.39 is 0 Å². The molecular weight excluding hydrogens is 250 g/mol. The summed E-state index contributed by atoms with van der Waals surface area (Å²) in [5.74, 6) is 0.903. The van der Waals surface area contributed by atoms with E-state index in [9.17, 15) is 0 Å². The lowest BCUT2D eigenvalue weighted by Crippen LogP contribution is -2.23. The van der Waals surface area contributed by atoms with Crippen LogP contribution in [-0.2, 0) is 13.5 Å². The first kappa shape index (κ1) is 14.6. The number of nitrogens with zero attached hydrogens (tertiary/aromatic N) is 2. The molecule has 4 nitrogen and oxygen atoms in total. The van der Waals surface area contributed by atoms with Crippen LogP contribution in [0.25, 0.3) is 0 Å². The summed E-state index contributed by atoms with van der Waals surface area (Å²) in [4.78, 5) is 0. The van der Waals surface area contributed by atoms with E-state index in [1.165, 1.54) is 11.1 Å². The Morgan fingerprint density at radius 3 is 2.80 bits per heavy atom. The summed E-state index contributed by atoms with van der Waals surface area (Å²) in [6, 6.07) is 8.52. The van der Waals surface area contributed by atoms with Gasteiger partial charge in [-0.25, -0.2) is 0 Å². The van der Waals surface area contributed by atoms with Crippen LogP contribution in [0.2, 0.25) is 0 Å². The Labute approximate surface area is 120 Å². The zero-order valence-electron chi connectivity index (χ0n) is 12.7. The second-order valence-electron chi connectivity index (χ2n) is 5.01. The van der Waals surface area contributed by atoms with Gasteiger partial charge in [-0.3, -0.25) is 4.68 Å². The van der Waals surface area contributed by atoms with E-state index in [2.05, 4.69) is 42.6 Å². The van der Waals surface area contributed by atoms with Crippen LogP contribution in [0.1, 0.15) is 29.8 Å². The summed E-state index contributed by atoms with van der Waals surface area (Å²) < 4.78 is 7.17. The van der Waals surface area contributed by atoms with E-state index in [1.807, 2.05) is 23.9 Å². The molecule has 1 aromatic carbocycles. The average Bonchev–Trinajstić information content (AvgIpc) is 2.77. The molecule has 0 saturated carbocycles. The highest BCUT2D eigenvalue weighted by Gasteiger charge is 2.16. The molecule has 2 aromatic rings. The van der Waals surface area contributed by atoms with Gasteiger partial charge < -0.3 is 10.1 Å². The molecule has 4 heteroatoms. The molecule has 0 amide bonds. The highest BCUT2D eigenvalue weighted by Crippen LogP contribution is 2.23. The molecule has 0 bridgehead atoms. The van der Waals surface area contributed by atoms with Gasteiger partial charge in [0.15, 0.2) is 0 Å². The summed E-state index contributed by atoms with van der Waals surface area (Å²) in [5, 5.41) is 7.99. The summed E-state index contributed by atoms with van der Waals surface area (Å²) in [6.07, 6.45) is 3.03. The normalized spacial score (nSPS) is 12.4. The van der Waals surface area contributed by atoms with Crippen LogP contribution in [0.3, 0.4) is 0 Å². The maximum absolute atomic E-state index is 5.29. The lowest BCUT2D eigenvalue weighted by molar-refractivity contribution is 0.414. The SMILES string of the molecule is CCNC(Cc1cccc(OC)c1)c1cn(C)nc1C. The van der Waals surface area contributed by atoms with Crippen molar-refractivity contribution in [2.24, 2.45) is 7.05 Å². The molecule has 2 rings (SSSR count). The molecule has 0 aliphatic heterocycles. The van der Waals surface area contributed by atoms with E-state index in [1.54, 1.807) is 7.11 Å². The molecule has 1 unspecified atom stereocenters. The summed E-state index contributed by atoms with van der Waals surface area (Å²) in [6.45, 7) is 5.12. The van der Waals surface area contributed by atoms with Crippen molar-refractivity contribution in [3.05, 3.63) is 47.3 Å². The second-order valence-corrected chi connectivity index (χ2v) is 5.01. The third-order valence-corrected chi connectivity index (χ3v) is 3.45. The molecule has 0 saturated heterocycles. The van der Waals surface area contributed by atoms with Crippen LogP contribution < -0.4 is 10.1 Å². The zero-order valence-corrected chi connectivity index (χ0v) is 12.7. The standard InChI is InChI=1S/C16H23N3O/c1-5-17-16(15-11-19(3)18-12(15)2)10-13-7-6-8-14(9-13)20-4/h6-9,11,16-17H,5,10H2,1-4H3. The molecule has 108 valence electrons. The van der Waals surface area contributed by atoms with Gasteiger partial charge in [-0.2, -0.15) is 5.10 Å². The minimum atomic E-state index is 0.279. The number of likely N-dealkylation sites (N-methyl/N-ethyl adjacent to an activating group) is 1. The number of ether oxygens (including phenoxy) is 1. The third-order valence-electron chi connectivity index (χ3n) is 3.45. The van der Waals surface area contributed by atoms with Gasteiger partial charge in [0, 0.05) is 24.8 Å². The molecule has 0 fully saturated rings. The Kier molecular flexibility index (Phi) is 4.79. The first-order chi connectivity index (χ1) is 9.63. The predicted octanol–water partition coefficient (Wildman–Crippen LogP) is 2.63. The number of benzene rings is 1. The monoisotopic (exact) mass is 273 g/mol. The van der Waals surface area contributed by atoms with Crippen molar-refractivity contribution in [2.45, 2.75) is 26.3 Å². The largest absolute Gasteiger partial charge is 0.497 e. The van der Waals surface area contributed by atoms with Crippen LogP contribution in [0, 0.1) is 6.92 Å². The number of hydrogen-bond acceptors (Lipinski definition) is 3. The first-order valence-corrected chi connectivity index (χ1v) is 7.00. The maximum atomic E-state index is 5.29. The molecular formula is C16H23N3O. The maximum Gasteiger partial charge on any atom is 0.119 e. The Balaban J connectivity index is 2.22. The molecule has 20 heavy (non-hydrogen) atoms. The van der Waals surface area contributed by atoms with Crippen LogP contribution >= 0.6 is 0 Å². The number of nitrogens with one attached hydrogen (secondary N) is 1. The lowest BCUT2D eigenvalue weighted by atomic mass is 9.99. The fourth-order valence-corrected chi connectivity index (χ4v) is 2.53. The number of hydrogen-bond donors (Lipinski definition) is 1. The van der Waals surface area contributed by atoms with Gasteiger partial charge in [-0.1, -0.05) is 19.1 Å². The highest BCUT2D eigenvalue weighted by atomic mass is 16.5. The molecule has 0 aliphatic rings. The lowest BCUT2D eigenvalue weighted by Gasteiger charge is -2.18. The first-order valence-electron chi connectivity index (χ1n) is 7.00. The predicted molar refractivity (Wildman–Crippen MR) is 81.1 cm³/mol. The third kappa shape index (κ3) is 3.39. The van der Waals surface area contributed by atoms with Crippen molar-refractivity contribution < 1.29 is 4.74 Å². The van der Waals surface area contributed by atoms with Gasteiger partial charge in [0.2, 0.25) is 0 Å². The average molecular weight is 273 g/mol. The second kappa shape index (κ2) is 6.57. The van der Waals surface area contributed by atoms with Crippen LogP contribution in [-0.4, -0.2) is 23.4 Å². The Morgan fingerprint density at radius 2 is 2.20 bits per heavy atom. The molecule has 1 heterocycles. The van der Waals surface area contributed by atoms with Crippen molar-refractivity contribution in [1.29, 1.82) is 0 Å². The van der Waals surface area contributed by atoms with Crippen molar-refractivity contribution in [3.63, 3.8) is 0 Å². The minimum Gasteiger partial charge on any atom is -0.497 e. The van der Waals surface area contributed by atoms with E-state index in [-0.39, 0.29) is 6.04 Å². The Bertz CT molecular complexity index is 563. The molecule has 1 atom stereocenters. The fourth-order valence-electron chi connectivity index (χ4n) is 2.53. The number of methoxy groups -OCH3 is 1. The van der Waals surface area contributed by atoms with Crippen LogP contribution in [0.4, 0.5) is 0 Å². The molecule has 0 radical (unpaired) electrons. The summed E-state index contributed by atoms with van der Waals surface area (Å²) >= 11 is 0. The molecule has 0 aliphatic carbocycles. The van der Waals surface area contributed by atoms with Crippen molar-refractivity contribution in [2.75, 3.05) is 13.7 Å². The summed E-state index contributed by atoms with van der Waals surface area (Å²) in [7, 11) is 3.66. The number of aryl methyl sites for hydroxylation is 2. The van der Waals surface area contributed by atoms with Gasteiger partial charge >= 0.3 is 0 Å². The molecule has 1 N–H and O–H groups in total. The van der Waals surface area contributed by atoms with Crippen LogP contribution in [0.15, 0.2) is 30.5 Å². The van der Waals surface area contributed by atoms with Crippen LogP contribution in [0.5, 0.6) is 5.75 Å². The fraction of sp³-hybridized carbons (Fsp3) is 0.438. The van der Waals surface area contributed by atoms with Crippen molar-refractivity contribution in [3.8, 4) is 5.75 Å². The van der Waals surface area contributed by atoms with Gasteiger partial charge in [0.25, 0.3) is 0 Å². The zero-order chi connectivity index (χ0) is 14.5. The smallest absolute Gasteiger partial charge is 0.119 e. The van der Waals surface area contributed by atoms with Gasteiger partial charge in [-0.05, 0) is 37.6 Å². The topological polar surface area (TPSA) is 39.1 Å². The van der Waals surface area contributed by atoms with E-state index in [0.29, 0.717) is 0 Å². The highest BCUT2D eigenvalue weighted by molar-refractivity contribution is 5.31. The molecule has 0 spiro atoms. The minimum absolute atomic E-state index is 0.279. The quantitative estimate of drug-likeness (QED) is 0.879. The van der Waals surface area contributed by atoms with E-state index >= 15 is 0 Å². The van der Waals surface area contributed by atoms with Gasteiger partial charge in [0.1, 0.15) is 5.75 Å². The van der Waals surface area contributed by atoms with Crippen molar-refractivity contribution >= 4 is 0 Å². The Hall–Kier alpha value is -1.81. The van der Waals surface area contributed by atoms with E-state index in [4.69, 9.17) is 4.74 Å². The number of rotatable bonds is 6.